The van der Waals surface area contributed by atoms with Crippen molar-refractivity contribution in [3.05, 3.63) is 72.2 Å². The van der Waals surface area contributed by atoms with Crippen LogP contribution in [0.5, 0.6) is 0 Å². The molecule has 118 valence electrons. The summed E-state index contributed by atoms with van der Waals surface area (Å²) < 4.78 is 0.845. The lowest BCUT2D eigenvalue weighted by atomic mass is 10.2. The number of nitrogens with one attached hydrogen (secondary N) is 1. The van der Waals surface area contributed by atoms with Gasteiger partial charge in [-0.1, -0.05) is 39.1 Å². The lowest BCUT2D eigenvalue weighted by Gasteiger charge is -2.02. The molecule has 0 fully saturated rings. The molecule has 9 heteroatoms. The molecule has 6 nitrogen and oxygen atoms in total. The van der Waals surface area contributed by atoms with Gasteiger partial charge in [0.25, 0.3) is 11.6 Å². The minimum Gasteiger partial charge on any atom is -0.267 e. The van der Waals surface area contributed by atoms with Crippen molar-refractivity contribution in [1.29, 1.82) is 0 Å². The van der Waals surface area contributed by atoms with E-state index in [9.17, 15) is 14.9 Å². The van der Waals surface area contributed by atoms with Crippen molar-refractivity contribution in [2.75, 3.05) is 0 Å². The van der Waals surface area contributed by atoms with Crippen LogP contribution in [0.3, 0.4) is 0 Å². The highest BCUT2D eigenvalue weighted by Crippen LogP contribution is 2.29. The molecule has 0 saturated carbocycles. The zero-order chi connectivity index (χ0) is 17.0. The molecule has 0 spiro atoms. The summed E-state index contributed by atoms with van der Waals surface area (Å²) in [6.07, 6.45) is 1.21. The first-order valence-corrected chi connectivity index (χ1v) is 7.66. The maximum atomic E-state index is 11.9. The number of carbonyl (C=O) groups is 1. The van der Waals surface area contributed by atoms with Crippen molar-refractivity contribution in [3.8, 4) is 0 Å². The van der Waals surface area contributed by atoms with Gasteiger partial charge in [-0.25, -0.2) is 5.43 Å². The smallest absolute Gasteiger partial charge is 0.267 e. The summed E-state index contributed by atoms with van der Waals surface area (Å²) in [5.74, 6) is -0.423. The van der Waals surface area contributed by atoms with Crippen LogP contribution < -0.4 is 5.43 Å². The fourth-order valence-corrected chi connectivity index (χ4v) is 2.38. The maximum Gasteiger partial charge on any atom is 0.288 e. The van der Waals surface area contributed by atoms with Gasteiger partial charge >= 0.3 is 0 Å². The second kappa shape index (κ2) is 7.54. The van der Waals surface area contributed by atoms with Gasteiger partial charge in [0.15, 0.2) is 0 Å². The molecule has 0 radical (unpaired) electrons. The predicted molar refractivity (Wildman–Crippen MR) is 92.3 cm³/mol. The minimum atomic E-state index is -0.629. The van der Waals surface area contributed by atoms with Crippen LogP contribution in [0.25, 0.3) is 0 Å². The van der Waals surface area contributed by atoms with Gasteiger partial charge in [0.1, 0.15) is 5.02 Å². The Labute approximate surface area is 149 Å². The van der Waals surface area contributed by atoms with Crippen molar-refractivity contribution in [2.45, 2.75) is 0 Å². The first-order chi connectivity index (χ1) is 10.9. The minimum absolute atomic E-state index is 0.0731. The van der Waals surface area contributed by atoms with Crippen LogP contribution in [0.1, 0.15) is 15.9 Å². The molecule has 0 unspecified atom stereocenters. The third-order valence-corrected chi connectivity index (χ3v) is 3.90. The second-order valence-electron chi connectivity index (χ2n) is 4.29. The van der Waals surface area contributed by atoms with E-state index in [4.69, 9.17) is 23.2 Å². The number of nitrogens with zero attached hydrogens (tertiary/aromatic N) is 2. The highest BCUT2D eigenvalue weighted by molar-refractivity contribution is 9.10. The maximum absolute atomic E-state index is 11.9. The number of hydrogen-bond acceptors (Lipinski definition) is 4. The average Bonchev–Trinajstić information content (AvgIpc) is 2.49. The van der Waals surface area contributed by atoms with E-state index in [0.717, 1.165) is 4.47 Å². The quantitative estimate of drug-likeness (QED) is 0.454. The molecule has 2 rings (SSSR count). The number of benzene rings is 2. The number of halogens is 3. The molecule has 0 aliphatic rings. The monoisotopic (exact) mass is 415 g/mol. The number of amides is 1. The molecule has 0 atom stereocenters. The number of hydrazone groups is 1. The van der Waals surface area contributed by atoms with Crippen LogP contribution in [0, 0.1) is 10.1 Å². The lowest BCUT2D eigenvalue weighted by Crippen LogP contribution is -2.17. The molecular formula is C14H8BrCl2N3O3. The molecule has 1 N–H and O–H groups in total. The predicted octanol–water partition coefficient (Wildman–Crippen LogP) is 4.43. The molecule has 0 aromatic heterocycles. The van der Waals surface area contributed by atoms with E-state index in [1.165, 1.54) is 18.3 Å². The van der Waals surface area contributed by atoms with Crippen LogP contribution in [0.15, 0.2) is 46.0 Å². The lowest BCUT2D eigenvalue weighted by molar-refractivity contribution is -0.384. The molecule has 0 saturated heterocycles. The van der Waals surface area contributed by atoms with Crippen LogP contribution in [-0.4, -0.2) is 17.0 Å². The SMILES string of the molecule is O=C(N/N=C/c1cc([N+](=O)[O-])c(Cl)cc1Cl)c1ccc(Br)cc1. The van der Waals surface area contributed by atoms with Gasteiger partial charge in [-0.05, 0) is 30.3 Å². The molecular weight excluding hydrogens is 409 g/mol. The number of carbonyl (C=O) groups excluding carboxylic acids is 1. The summed E-state index contributed by atoms with van der Waals surface area (Å²) in [4.78, 5) is 22.1. The third kappa shape index (κ3) is 4.51. The van der Waals surface area contributed by atoms with Gasteiger partial charge in [-0.3, -0.25) is 14.9 Å². The molecule has 2 aromatic carbocycles. The van der Waals surface area contributed by atoms with Gasteiger partial charge in [0.05, 0.1) is 16.2 Å². The van der Waals surface area contributed by atoms with Gasteiger partial charge in [-0.2, -0.15) is 5.10 Å². The molecule has 0 heterocycles. The number of rotatable bonds is 4. The standard InChI is InChI=1S/C14H8BrCl2N3O3/c15-10-3-1-8(2-4-10)14(21)19-18-7-9-5-13(20(22)23)12(17)6-11(9)16/h1-7H,(H,19,21)/b18-7+. The molecule has 0 aliphatic carbocycles. The van der Waals surface area contributed by atoms with Crippen LogP contribution in [-0.2, 0) is 0 Å². The summed E-state index contributed by atoms with van der Waals surface area (Å²) in [5.41, 5.74) is 2.69. The Morgan fingerprint density at radius 1 is 1.22 bits per heavy atom. The zero-order valence-electron chi connectivity index (χ0n) is 11.3. The van der Waals surface area contributed by atoms with Gasteiger partial charge in [0, 0.05) is 21.7 Å². The Balaban J connectivity index is 2.14. The summed E-state index contributed by atoms with van der Waals surface area (Å²) in [7, 11) is 0. The first kappa shape index (κ1) is 17.4. The van der Waals surface area contributed by atoms with E-state index in [-0.39, 0.29) is 21.3 Å². The Bertz CT molecular complexity index is 795. The van der Waals surface area contributed by atoms with Crippen molar-refractivity contribution in [3.63, 3.8) is 0 Å². The van der Waals surface area contributed by atoms with Crippen molar-refractivity contribution in [1.82, 2.24) is 5.43 Å². The van der Waals surface area contributed by atoms with Crippen molar-refractivity contribution in [2.24, 2.45) is 5.10 Å². The van der Waals surface area contributed by atoms with E-state index in [1.54, 1.807) is 24.3 Å². The van der Waals surface area contributed by atoms with Gasteiger partial charge in [-0.15, -0.1) is 0 Å². The normalized spacial score (nSPS) is 10.7. The largest absolute Gasteiger partial charge is 0.288 e. The second-order valence-corrected chi connectivity index (χ2v) is 6.02. The Kier molecular flexibility index (Phi) is 5.70. The van der Waals surface area contributed by atoms with Crippen LogP contribution in [0.2, 0.25) is 10.0 Å². The average molecular weight is 417 g/mol. The number of nitro benzene ring substituents is 1. The zero-order valence-corrected chi connectivity index (χ0v) is 14.4. The third-order valence-electron chi connectivity index (χ3n) is 2.74. The first-order valence-electron chi connectivity index (χ1n) is 6.11. The number of hydrogen-bond donors (Lipinski definition) is 1. The molecule has 0 aliphatic heterocycles. The van der Waals surface area contributed by atoms with E-state index in [1.807, 2.05) is 0 Å². The molecule has 2 aromatic rings. The highest BCUT2D eigenvalue weighted by atomic mass is 79.9. The van der Waals surface area contributed by atoms with Gasteiger partial charge in [0.2, 0.25) is 0 Å². The van der Waals surface area contributed by atoms with E-state index < -0.39 is 10.8 Å². The molecule has 0 bridgehead atoms. The van der Waals surface area contributed by atoms with Crippen molar-refractivity contribution < 1.29 is 9.72 Å². The Hall–Kier alpha value is -1.96. The Morgan fingerprint density at radius 2 is 1.87 bits per heavy atom. The van der Waals surface area contributed by atoms with Crippen molar-refractivity contribution >= 4 is 56.9 Å². The molecule has 23 heavy (non-hydrogen) atoms. The fraction of sp³-hybridized carbons (Fsp3) is 0. The van der Waals surface area contributed by atoms with Gasteiger partial charge < -0.3 is 0 Å². The van der Waals surface area contributed by atoms with E-state index in [2.05, 4.69) is 26.5 Å². The summed E-state index contributed by atoms with van der Waals surface area (Å²) in [6.45, 7) is 0. The summed E-state index contributed by atoms with van der Waals surface area (Å²) in [5, 5.41) is 14.7. The highest BCUT2D eigenvalue weighted by Gasteiger charge is 2.15. The topological polar surface area (TPSA) is 84.6 Å². The fourth-order valence-electron chi connectivity index (χ4n) is 1.62. The van der Waals surface area contributed by atoms with Crippen LogP contribution >= 0.6 is 39.1 Å². The van der Waals surface area contributed by atoms with Crippen LogP contribution in [0.4, 0.5) is 5.69 Å². The number of nitro groups is 1. The summed E-state index contributed by atoms with van der Waals surface area (Å²) >= 11 is 14.9. The summed E-state index contributed by atoms with van der Waals surface area (Å²) in [6, 6.07) is 9.11. The van der Waals surface area contributed by atoms with E-state index >= 15 is 0 Å². The Morgan fingerprint density at radius 3 is 2.48 bits per heavy atom. The van der Waals surface area contributed by atoms with E-state index in [0.29, 0.717) is 5.56 Å². The molecule has 1 amide bonds.